The van der Waals surface area contributed by atoms with Crippen LogP contribution in [0.4, 0.5) is 23.1 Å². The van der Waals surface area contributed by atoms with E-state index < -0.39 is 4.92 Å². The van der Waals surface area contributed by atoms with Gasteiger partial charge in [-0.15, -0.1) is 0 Å². The summed E-state index contributed by atoms with van der Waals surface area (Å²) >= 11 is 0. The topological polar surface area (TPSA) is 119 Å². The number of anilines is 3. The van der Waals surface area contributed by atoms with Crippen LogP contribution < -0.4 is 15.1 Å². The average Bonchev–Trinajstić information content (AvgIpc) is 3.28. The van der Waals surface area contributed by atoms with Crippen molar-refractivity contribution in [3.05, 3.63) is 40.8 Å². The first-order chi connectivity index (χ1) is 14.2. The molecule has 0 unspecified atom stereocenters. The molecule has 2 aromatic rings. The highest BCUT2D eigenvalue weighted by Gasteiger charge is 2.29. The quantitative estimate of drug-likeness (QED) is 0.537. The summed E-state index contributed by atoms with van der Waals surface area (Å²) in [6, 6.07) is 5.79. The molecular formula is C18H23N7O4. The normalized spacial score (nSPS) is 17.5. The van der Waals surface area contributed by atoms with E-state index in [9.17, 15) is 10.1 Å². The van der Waals surface area contributed by atoms with E-state index in [1.54, 1.807) is 6.20 Å². The first-order valence-corrected chi connectivity index (χ1v) is 9.60. The first kappa shape index (κ1) is 19.3. The van der Waals surface area contributed by atoms with Crippen molar-refractivity contribution in [1.82, 2.24) is 15.0 Å². The van der Waals surface area contributed by atoms with Gasteiger partial charge in [-0.1, -0.05) is 6.07 Å². The molecule has 2 aliphatic heterocycles. The fraction of sp³-hybridized carbons (Fsp3) is 0.500. The zero-order valence-electron chi connectivity index (χ0n) is 15.9. The van der Waals surface area contributed by atoms with Crippen LogP contribution in [0.25, 0.3) is 0 Å². The van der Waals surface area contributed by atoms with Gasteiger partial charge in [-0.3, -0.25) is 10.1 Å². The molecule has 0 amide bonds. The Morgan fingerprint density at radius 2 is 1.86 bits per heavy atom. The predicted molar refractivity (Wildman–Crippen MR) is 106 cm³/mol. The van der Waals surface area contributed by atoms with E-state index in [2.05, 4.69) is 25.2 Å². The van der Waals surface area contributed by atoms with Gasteiger partial charge in [0, 0.05) is 45.3 Å². The minimum atomic E-state index is -0.425. The zero-order valence-corrected chi connectivity index (χ0v) is 15.9. The lowest BCUT2D eigenvalue weighted by Gasteiger charge is -2.35. The molecule has 2 saturated heterocycles. The summed E-state index contributed by atoms with van der Waals surface area (Å²) in [5.74, 6) is 1.45. The number of hydrogen-bond donors (Lipinski definition) is 1. The minimum Gasteiger partial charge on any atom is -0.364 e. The number of rotatable bonds is 7. The first-order valence-electron chi connectivity index (χ1n) is 9.60. The van der Waals surface area contributed by atoms with E-state index in [0.29, 0.717) is 58.2 Å². The number of pyridine rings is 1. The van der Waals surface area contributed by atoms with E-state index in [0.717, 1.165) is 5.82 Å². The smallest absolute Gasteiger partial charge is 0.353 e. The Morgan fingerprint density at radius 1 is 1.10 bits per heavy atom. The van der Waals surface area contributed by atoms with E-state index in [1.165, 1.54) is 6.33 Å². The van der Waals surface area contributed by atoms with Crippen molar-refractivity contribution >= 4 is 23.1 Å². The summed E-state index contributed by atoms with van der Waals surface area (Å²) in [5, 5.41) is 14.8. The molecule has 2 fully saturated rings. The number of aromatic nitrogens is 3. The molecule has 0 radical (unpaired) electrons. The van der Waals surface area contributed by atoms with Crippen LogP contribution in [0.1, 0.15) is 6.42 Å². The molecule has 0 spiro atoms. The predicted octanol–water partition coefficient (Wildman–Crippen LogP) is 1.28. The van der Waals surface area contributed by atoms with Crippen LogP contribution in [0, 0.1) is 10.1 Å². The van der Waals surface area contributed by atoms with Crippen LogP contribution in [0.2, 0.25) is 0 Å². The highest BCUT2D eigenvalue weighted by Crippen LogP contribution is 2.32. The van der Waals surface area contributed by atoms with E-state index in [4.69, 9.17) is 9.47 Å². The van der Waals surface area contributed by atoms with Crippen LogP contribution >= 0.6 is 0 Å². The Labute approximate surface area is 167 Å². The van der Waals surface area contributed by atoms with E-state index in [-0.39, 0.29) is 17.8 Å². The molecule has 0 atom stereocenters. The second-order valence-corrected chi connectivity index (χ2v) is 6.70. The van der Waals surface area contributed by atoms with Crippen molar-refractivity contribution in [3.8, 4) is 0 Å². The van der Waals surface area contributed by atoms with Gasteiger partial charge in [0.25, 0.3) is 0 Å². The Kier molecular flexibility index (Phi) is 5.96. The standard InChI is InChI=1S/C18H23N7O4/c26-25(27)16-17(20-6-4-15-28-11-12-29-15)21-13-22-18(16)24-9-7-23(8-10-24)14-3-1-2-5-19-14/h1-3,5,13,15H,4,6-12H2,(H,20,21,22). The molecule has 11 nitrogen and oxygen atoms in total. The van der Waals surface area contributed by atoms with Crippen molar-refractivity contribution in [3.63, 3.8) is 0 Å². The molecule has 11 heteroatoms. The summed E-state index contributed by atoms with van der Waals surface area (Å²) in [7, 11) is 0. The third-order valence-corrected chi connectivity index (χ3v) is 4.90. The average molecular weight is 401 g/mol. The lowest BCUT2D eigenvalue weighted by atomic mass is 10.2. The third-order valence-electron chi connectivity index (χ3n) is 4.90. The van der Waals surface area contributed by atoms with Crippen molar-refractivity contribution in [1.29, 1.82) is 0 Å². The number of nitrogens with zero attached hydrogens (tertiary/aromatic N) is 6. The number of nitro groups is 1. The maximum atomic E-state index is 11.8. The molecule has 2 aromatic heterocycles. The summed E-state index contributed by atoms with van der Waals surface area (Å²) in [5.41, 5.74) is -0.105. The molecule has 2 aliphatic rings. The Balaban J connectivity index is 1.43. The number of hydrogen-bond acceptors (Lipinski definition) is 10. The fourth-order valence-electron chi connectivity index (χ4n) is 3.47. The molecule has 29 heavy (non-hydrogen) atoms. The second-order valence-electron chi connectivity index (χ2n) is 6.70. The van der Waals surface area contributed by atoms with Crippen molar-refractivity contribution in [2.24, 2.45) is 0 Å². The van der Waals surface area contributed by atoms with Gasteiger partial charge in [-0.2, -0.15) is 0 Å². The van der Waals surface area contributed by atoms with Gasteiger partial charge in [0.05, 0.1) is 18.1 Å². The lowest BCUT2D eigenvalue weighted by Crippen LogP contribution is -2.47. The van der Waals surface area contributed by atoms with Gasteiger partial charge in [0.1, 0.15) is 12.1 Å². The van der Waals surface area contributed by atoms with E-state index >= 15 is 0 Å². The highest BCUT2D eigenvalue weighted by molar-refractivity contribution is 5.70. The fourth-order valence-corrected chi connectivity index (χ4v) is 3.47. The van der Waals surface area contributed by atoms with E-state index in [1.807, 2.05) is 23.1 Å². The molecule has 154 valence electrons. The third kappa shape index (κ3) is 4.51. The van der Waals surface area contributed by atoms with Gasteiger partial charge < -0.3 is 24.6 Å². The number of ether oxygens (including phenoxy) is 2. The molecule has 0 aliphatic carbocycles. The largest absolute Gasteiger partial charge is 0.364 e. The zero-order chi connectivity index (χ0) is 20.1. The molecule has 0 aromatic carbocycles. The summed E-state index contributed by atoms with van der Waals surface area (Å²) < 4.78 is 10.8. The van der Waals surface area contributed by atoms with Gasteiger partial charge in [-0.25, -0.2) is 15.0 Å². The Hall–Kier alpha value is -3.05. The molecule has 4 rings (SSSR count). The van der Waals surface area contributed by atoms with Gasteiger partial charge in [0.15, 0.2) is 6.29 Å². The number of nitrogens with one attached hydrogen (secondary N) is 1. The van der Waals surface area contributed by atoms with Crippen LogP contribution in [0.3, 0.4) is 0 Å². The monoisotopic (exact) mass is 401 g/mol. The van der Waals surface area contributed by atoms with Crippen LogP contribution in [-0.4, -0.2) is 72.1 Å². The number of piperazine rings is 1. The van der Waals surface area contributed by atoms with Gasteiger partial charge in [0.2, 0.25) is 11.6 Å². The van der Waals surface area contributed by atoms with Crippen molar-refractivity contribution in [2.75, 3.05) is 61.1 Å². The maximum absolute atomic E-state index is 11.8. The highest BCUT2D eigenvalue weighted by atomic mass is 16.7. The van der Waals surface area contributed by atoms with Crippen molar-refractivity contribution in [2.45, 2.75) is 12.7 Å². The van der Waals surface area contributed by atoms with Crippen LogP contribution in [0.5, 0.6) is 0 Å². The summed E-state index contributed by atoms with van der Waals surface area (Å²) in [4.78, 5) is 28.1. The second kappa shape index (κ2) is 8.97. The van der Waals surface area contributed by atoms with Crippen LogP contribution in [0.15, 0.2) is 30.7 Å². The molecule has 0 bridgehead atoms. The summed E-state index contributed by atoms with van der Waals surface area (Å²) in [6.07, 6.45) is 3.43. The molecule has 0 saturated carbocycles. The van der Waals surface area contributed by atoms with Crippen LogP contribution in [-0.2, 0) is 9.47 Å². The van der Waals surface area contributed by atoms with Gasteiger partial charge >= 0.3 is 5.69 Å². The van der Waals surface area contributed by atoms with Crippen molar-refractivity contribution < 1.29 is 14.4 Å². The molecule has 4 heterocycles. The minimum absolute atomic E-state index is 0.105. The Morgan fingerprint density at radius 3 is 2.55 bits per heavy atom. The van der Waals surface area contributed by atoms with Gasteiger partial charge in [-0.05, 0) is 12.1 Å². The summed E-state index contributed by atoms with van der Waals surface area (Å²) in [6.45, 7) is 4.24. The lowest BCUT2D eigenvalue weighted by molar-refractivity contribution is -0.383. The SMILES string of the molecule is O=[N+]([O-])c1c(NCCC2OCCO2)ncnc1N1CCN(c2ccccn2)CC1. The Bertz CT molecular complexity index is 824. The molecular weight excluding hydrogens is 378 g/mol. The maximum Gasteiger partial charge on any atom is 0.353 e. The molecule has 1 N–H and O–H groups in total.